The van der Waals surface area contributed by atoms with E-state index in [1.807, 2.05) is 0 Å². The van der Waals surface area contributed by atoms with Gasteiger partial charge in [-0.25, -0.2) is 0 Å². The van der Waals surface area contributed by atoms with Gasteiger partial charge in [0.25, 0.3) is 5.91 Å². The van der Waals surface area contributed by atoms with Crippen LogP contribution in [0.1, 0.15) is 22.0 Å². The molecule has 6 heteroatoms. The highest BCUT2D eigenvalue weighted by Gasteiger charge is 2.51. The van der Waals surface area contributed by atoms with Crippen molar-refractivity contribution in [2.45, 2.75) is 6.04 Å². The van der Waals surface area contributed by atoms with E-state index in [1.54, 1.807) is 42.5 Å². The summed E-state index contributed by atoms with van der Waals surface area (Å²) in [5.41, 5.74) is 0.906. The van der Waals surface area contributed by atoms with Crippen LogP contribution in [0.2, 0.25) is 0 Å². The van der Waals surface area contributed by atoms with Crippen LogP contribution in [0.25, 0.3) is 0 Å². The first-order chi connectivity index (χ1) is 12.0. The minimum Gasteiger partial charge on any atom is -0.508 e. The highest BCUT2D eigenvalue weighted by Crippen LogP contribution is 2.38. The second-order valence-electron chi connectivity index (χ2n) is 5.83. The maximum absolute atomic E-state index is 12.9. The Morgan fingerprint density at radius 3 is 2.24 bits per heavy atom. The Bertz CT molecular complexity index is 800. The fraction of sp³-hybridized carbons (Fsp3) is 0.211. The molecular formula is C19H17NO5. The Morgan fingerprint density at radius 1 is 1.00 bits per heavy atom. The predicted octanol–water partition coefficient (Wildman–Crippen LogP) is 1.34. The first-order valence-electron chi connectivity index (χ1n) is 7.88. The van der Waals surface area contributed by atoms with Gasteiger partial charge in [-0.3, -0.25) is 14.4 Å². The highest BCUT2D eigenvalue weighted by molar-refractivity contribution is 6.44. The smallest absolute Gasteiger partial charge is 0.291 e. The Balaban J connectivity index is 2.06. The minimum absolute atomic E-state index is 0.0408. The quantitative estimate of drug-likeness (QED) is 0.487. The van der Waals surface area contributed by atoms with Gasteiger partial charge in [0, 0.05) is 12.1 Å². The summed E-state index contributed by atoms with van der Waals surface area (Å²) in [4.78, 5) is 39.0. The zero-order valence-corrected chi connectivity index (χ0v) is 13.3. The van der Waals surface area contributed by atoms with Gasteiger partial charge in [0.1, 0.15) is 11.7 Å². The van der Waals surface area contributed by atoms with E-state index < -0.39 is 29.4 Å². The molecule has 2 atom stereocenters. The molecule has 1 saturated heterocycles. The molecular weight excluding hydrogens is 322 g/mol. The van der Waals surface area contributed by atoms with Gasteiger partial charge in [-0.05, 0) is 17.7 Å². The number of benzene rings is 2. The van der Waals surface area contributed by atoms with Crippen molar-refractivity contribution in [1.82, 2.24) is 4.90 Å². The summed E-state index contributed by atoms with van der Waals surface area (Å²) in [6.07, 6.45) is 0. The lowest BCUT2D eigenvalue weighted by molar-refractivity contribution is -0.141. The first kappa shape index (κ1) is 16.9. The van der Waals surface area contributed by atoms with Crippen LogP contribution in [0.5, 0.6) is 5.75 Å². The van der Waals surface area contributed by atoms with E-state index in [-0.39, 0.29) is 18.9 Å². The number of aromatic hydroxyl groups is 1. The van der Waals surface area contributed by atoms with Crippen molar-refractivity contribution < 1.29 is 24.6 Å². The number of Topliss-reactive ketones (excluding diaryl/α,β-unsaturated/α-hetero) is 2. The molecule has 1 fully saturated rings. The lowest BCUT2D eigenvalue weighted by atomic mass is 9.86. The summed E-state index contributed by atoms with van der Waals surface area (Å²) in [5.74, 6) is -3.12. The molecule has 128 valence electrons. The lowest BCUT2D eigenvalue weighted by Crippen LogP contribution is -2.33. The van der Waals surface area contributed by atoms with Crippen LogP contribution >= 0.6 is 0 Å². The Kier molecular flexibility index (Phi) is 4.63. The lowest BCUT2D eigenvalue weighted by Gasteiger charge is -2.26. The van der Waals surface area contributed by atoms with Gasteiger partial charge in [-0.1, -0.05) is 42.5 Å². The summed E-state index contributed by atoms with van der Waals surface area (Å²) in [5, 5.41) is 18.7. The van der Waals surface area contributed by atoms with Crippen molar-refractivity contribution in [2.24, 2.45) is 5.92 Å². The molecule has 1 heterocycles. The third-order valence-corrected chi connectivity index (χ3v) is 4.32. The molecule has 2 N–H and O–H groups in total. The number of aliphatic hydroxyl groups excluding tert-OH is 1. The molecule has 0 spiro atoms. The number of nitrogens with zero attached hydrogens (tertiary/aromatic N) is 1. The van der Waals surface area contributed by atoms with E-state index in [1.165, 1.54) is 17.0 Å². The summed E-state index contributed by atoms with van der Waals surface area (Å²) >= 11 is 0. The average Bonchev–Trinajstić information content (AvgIpc) is 2.88. The number of ketones is 2. The molecule has 1 aliphatic rings. The number of rotatable bonds is 5. The van der Waals surface area contributed by atoms with Crippen LogP contribution in [0.4, 0.5) is 0 Å². The summed E-state index contributed by atoms with van der Waals surface area (Å²) in [7, 11) is 0. The number of carbonyl (C=O) groups is 3. The van der Waals surface area contributed by atoms with E-state index in [0.717, 1.165) is 0 Å². The third-order valence-electron chi connectivity index (χ3n) is 4.32. The second kappa shape index (κ2) is 6.86. The normalized spacial score (nSPS) is 20.1. The zero-order valence-electron chi connectivity index (χ0n) is 13.3. The molecule has 2 aromatic carbocycles. The number of phenolic OH excluding ortho intramolecular Hbond substituents is 1. The van der Waals surface area contributed by atoms with Crippen molar-refractivity contribution in [3.8, 4) is 5.75 Å². The van der Waals surface area contributed by atoms with Crippen molar-refractivity contribution in [3.63, 3.8) is 0 Å². The molecule has 3 rings (SSSR count). The highest BCUT2D eigenvalue weighted by atomic mass is 16.3. The standard InChI is InChI=1S/C19H17NO5/c21-11-10-20-16(12-6-8-14(22)9-7-12)15(18(24)19(20)25)17(23)13-4-2-1-3-5-13/h1-9,15-16,21-22H,10-11H2. The van der Waals surface area contributed by atoms with Gasteiger partial charge in [0.05, 0.1) is 12.6 Å². The van der Waals surface area contributed by atoms with E-state index in [9.17, 15) is 24.6 Å². The van der Waals surface area contributed by atoms with Crippen LogP contribution in [-0.2, 0) is 9.59 Å². The molecule has 0 bridgehead atoms. The average molecular weight is 339 g/mol. The molecule has 1 amide bonds. The molecule has 2 aromatic rings. The number of aliphatic hydroxyl groups is 1. The topological polar surface area (TPSA) is 94.9 Å². The maximum Gasteiger partial charge on any atom is 0.291 e. The van der Waals surface area contributed by atoms with Crippen molar-refractivity contribution in [2.75, 3.05) is 13.2 Å². The van der Waals surface area contributed by atoms with Gasteiger partial charge in [0.15, 0.2) is 5.78 Å². The monoisotopic (exact) mass is 339 g/mol. The van der Waals surface area contributed by atoms with Crippen LogP contribution < -0.4 is 0 Å². The van der Waals surface area contributed by atoms with Gasteiger partial charge < -0.3 is 15.1 Å². The number of β-amino-alcohol motifs (C(OH)–C–C–N with tert-alkyl or cyclic N) is 1. The fourth-order valence-corrected chi connectivity index (χ4v) is 3.16. The van der Waals surface area contributed by atoms with Crippen molar-refractivity contribution in [1.29, 1.82) is 0 Å². The van der Waals surface area contributed by atoms with Gasteiger partial charge in [0.2, 0.25) is 5.78 Å². The van der Waals surface area contributed by atoms with Crippen LogP contribution in [0.3, 0.4) is 0 Å². The molecule has 0 aliphatic carbocycles. The number of carbonyl (C=O) groups excluding carboxylic acids is 3. The van der Waals surface area contributed by atoms with Gasteiger partial charge in [-0.15, -0.1) is 0 Å². The van der Waals surface area contributed by atoms with Gasteiger partial charge in [-0.2, -0.15) is 0 Å². The summed E-state index contributed by atoms with van der Waals surface area (Å²) in [6, 6.07) is 13.5. The maximum atomic E-state index is 12.9. The number of hydrogen-bond acceptors (Lipinski definition) is 5. The molecule has 0 radical (unpaired) electrons. The number of amides is 1. The molecule has 2 unspecified atom stereocenters. The Labute approximate surface area is 144 Å². The Hall–Kier alpha value is -2.99. The summed E-state index contributed by atoms with van der Waals surface area (Å²) < 4.78 is 0. The second-order valence-corrected chi connectivity index (χ2v) is 5.83. The molecule has 0 aromatic heterocycles. The largest absolute Gasteiger partial charge is 0.508 e. The van der Waals surface area contributed by atoms with E-state index in [4.69, 9.17) is 0 Å². The van der Waals surface area contributed by atoms with Gasteiger partial charge >= 0.3 is 0 Å². The number of likely N-dealkylation sites (tertiary alicyclic amines) is 1. The minimum atomic E-state index is -1.18. The molecule has 0 saturated carbocycles. The zero-order chi connectivity index (χ0) is 18.0. The van der Waals surface area contributed by atoms with E-state index in [2.05, 4.69) is 0 Å². The molecule has 1 aliphatic heterocycles. The SMILES string of the molecule is O=C1C(=O)N(CCO)C(c2ccc(O)cc2)C1C(=O)c1ccccc1. The van der Waals surface area contributed by atoms with Crippen molar-refractivity contribution >= 4 is 17.5 Å². The fourth-order valence-electron chi connectivity index (χ4n) is 3.16. The van der Waals surface area contributed by atoms with Crippen LogP contribution in [-0.4, -0.2) is 45.7 Å². The van der Waals surface area contributed by atoms with E-state index >= 15 is 0 Å². The van der Waals surface area contributed by atoms with Crippen molar-refractivity contribution in [3.05, 3.63) is 65.7 Å². The van der Waals surface area contributed by atoms with E-state index in [0.29, 0.717) is 11.1 Å². The van der Waals surface area contributed by atoms with Crippen LogP contribution in [0.15, 0.2) is 54.6 Å². The predicted molar refractivity (Wildman–Crippen MR) is 88.9 cm³/mol. The third kappa shape index (κ3) is 3.04. The number of hydrogen-bond donors (Lipinski definition) is 2. The summed E-state index contributed by atoms with van der Waals surface area (Å²) in [6.45, 7) is -0.367. The molecule has 25 heavy (non-hydrogen) atoms. The number of phenols is 1. The Morgan fingerprint density at radius 2 is 1.64 bits per heavy atom. The first-order valence-corrected chi connectivity index (χ1v) is 7.88. The van der Waals surface area contributed by atoms with Crippen LogP contribution in [0, 0.1) is 5.92 Å². The molecule has 6 nitrogen and oxygen atoms in total.